The van der Waals surface area contributed by atoms with Crippen LogP contribution in [0.1, 0.15) is 46.0 Å². The highest BCUT2D eigenvalue weighted by Gasteiger charge is 1.91. The third-order valence-corrected chi connectivity index (χ3v) is 2.10. The zero-order chi connectivity index (χ0) is 11.5. The fraction of sp³-hybridized carbons (Fsp3) is 0.615. The molecule has 0 aliphatic heterocycles. The number of carboxylic acids is 1. The van der Waals surface area contributed by atoms with Gasteiger partial charge in [0.05, 0.1) is 0 Å². The molecule has 0 aliphatic rings. The Kier molecular flexibility index (Phi) is 8.84. The molecule has 0 atom stereocenters. The third kappa shape index (κ3) is 12.9. The Morgan fingerprint density at radius 1 is 1.20 bits per heavy atom. The highest BCUT2D eigenvalue weighted by Crippen LogP contribution is 2.08. The van der Waals surface area contributed by atoms with Crippen molar-refractivity contribution in [1.29, 1.82) is 0 Å². The highest BCUT2D eigenvalue weighted by atomic mass is 16.4. The number of rotatable bonds is 8. The Labute approximate surface area is 92.7 Å². The van der Waals surface area contributed by atoms with Crippen LogP contribution in [-0.2, 0) is 4.79 Å². The summed E-state index contributed by atoms with van der Waals surface area (Å²) in [4.78, 5) is 10.1. The first-order valence-electron chi connectivity index (χ1n) is 5.67. The van der Waals surface area contributed by atoms with Gasteiger partial charge in [0.15, 0.2) is 0 Å². The van der Waals surface area contributed by atoms with Crippen LogP contribution in [0.15, 0.2) is 24.3 Å². The number of carbonyl (C=O) groups is 1. The molecule has 0 amide bonds. The second-order valence-electron chi connectivity index (χ2n) is 4.13. The molecule has 0 fully saturated rings. The topological polar surface area (TPSA) is 37.3 Å². The zero-order valence-corrected chi connectivity index (χ0v) is 9.78. The number of carboxylic acid groups (broad SMARTS) is 1. The van der Waals surface area contributed by atoms with Gasteiger partial charge in [-0.2, -0.15) is 0 Å². The Morgan fingerprint density at radius 2 is 1.93 bits per heavy atom. The lowest BCUT2D eigenvalue weighted by atomic mass is 10.1. The summed E-state index contributed by atoms with van der Waals surface area (Å²) in [6.45, 7) is 4.49. The minimum atomic E-state index is -0.875. The molecule has 0 saturated heterocycles. The third-order valence-electron chi connectivity index (χ3n) is 2.10. The summed E-state index contributed by atoms with van der Waals surface area (Å²) in [6, 6.07) is 0. The van der Waals surface area contributed by atoms with Gasteiger partial charge in [0.25, 0.3) is 0 Å². The van der Waals surface area contributed by atoms with Crippen molar-refractivity contribution in [3.05, 3.63) is 24.3 Å². The summed E-state index contributed by atoms with van der Waals surface area (Å²) < 4.78 is 0. The average Bonchev–Trinajstić information content (AvgIpc) is 2.14. The quantitative estimate of drug-likeness (QED) is 0.376. The Bertz CT molecular complexity index is 215. The van der Waals surface area contributed by atoms with Gasteiger partial charge in [-0.25, -0.2) is 4.79 Å². The lowest BCUT2D eigenvalue weighted by Crippen LogP contribution is -1.86. The van der Waals surface area contributed by atoms with Crippen molar-refractivity contribution in [3.8, 4) is 0 Å². The van der Waals surface area contributed by atoms with E-state index in [0.717, 1.165) is 18.8 Å². The minimum Gasteiger partial charge on any atom is -0.478 e. The number of hydrogen-bond acceptors (Lipinski definition) is 1. The smallest absolute Gasteiger partial charge is 0.327 e. The fourth-order valence-corrected chi connectivity index (χ4v) is 1.28. The molecular weight excluding hydrogens is 188 g/mol. The molecule has 0 saturated carbocycles. The molecule has 0 radical (unpaired) electrons. The lowest BCUT2D eigenvalue weighted by molar-refractivity contribution is -0.131. The maximum atomic E-state index is 10.1. The molecule has 0 spiro atoms. The van der Waals surface area contributed by atoms with E-state index in [2.05, 4.69) is 19.9 Å². The summed E-state index contributed by atoms with van der Waals surface area (Å²) >= 11 is 0. The number of allylic oxidation sites excluding steroid dienone is 3. The van der Waals surface area contributed by atoms with E-state index in [4.69, 9.17) is 5.11 Å². The normalized spacial score (nSPS) is 11.9. The van der Waals surface area contributed by atoms with E-state index >= 15 is 0 Å². The van der Waals surface area contributed by atoms with Gasteiger partial charge in [-0.05, 0) is 25.2 Å². The maximum absolute atomic E-state index is 10.1. The molecule has 15 heavy (non-hydrogen) atoms. The molecule has 0 unspecified atom stereocenters. The predicted octanol–water partition coefficient (Wildman–Crippen LogP) is 3.79. The van der Waals surface area contributed by atoms with Crippen molar-refractivity contribution in [2.75, 3.05) is 0 Å². The van der Waals surface area contributed by atoms with E-state index in [0.29, 0.717) is 0 Å². The van der Waals surface area contributed by atoms with Crippen LogP contribution < -0.4 is 0 Å². The van der Waals surface area contributed by atoms with Gasteiger partial charge < -0.3 is 5.11 Å². The van der Waals surface area contributed by atoms with E-state index in [1.165, 1.54) is 25.3 Å². The summed E-state index contributed by atoms with van der Waals surface area (Å²) in [6.07, 6.45) is 12.6. The van der Waals surface area contributed by atoms with E-state index in [1.54, 1.807) is 6.08 Å². The van der Waals surface area contributed by atoms with Gasteiger partial charge in [0, 0.05) is 6.08 Å². The van der Waals surface area contributed by atoms with Crippen LogP contribution in [-0.4, -0.2) is 11.1 Å². The van der Waals surface area contributed by atoms with Gasteiger partial charge in [0.2, 0.25) is 0 Å². The van der Waals surface area contributed by atoms with Crippen molar-refractivity contribution in [3.63, 3.8) is 0 Å². The predicted molar refractivity (Wildman–Crippen MR) is 63.8 cm³/mol. The molecular formula is C13H22O2. The lowest BCUT2D eigenvalue weighted by Gasteiger charge is -2.01. The van der Waals surface area contributed by atoms with Gasteiger partial charge in [-0.1, -0.05) is 44.9 Å². The summed E-state index contributed by atoms with van der Waals surface area (Å²) in [5, 5.41) is 8.33. The molecule has 1 N–H and O–H groups in total. The van der Waals surface area contributed by atoms with Crippen LogP contribution in [0.5, 0.6) is 0 Å². The van der Waals surface area contributed by atoms with Gasteiger partial charge >= 0.3 is 5.97 Å². The molecule has 86 valence electrons. The Morgan fingerprint density at radius 3 is 2.53 bits per heavy atom. The van der Waals surface area contributed by atoms with Gasteiger partial charge in [0.1, 0.15) is 0 Å². The molecule has 0 aromatic rings. The number of aliphatic carboxylic acids is 1. The second-order valence-corrected chi connectivity index (χ2v) is 4.13. The SMILES string of the molecule is CC(C)CCCC/C=C\C/C=C/C(=O)O. The maximum Gasteiger partial charge on any atom is 0.327 e. The summed E-state index contributed by atoms with van der Waals surface area (Å²) in [5.74, 6) is -0.0761. The average molecular weight is 210 g/mol. The van der Waals surface area contributed by atoms with E-state index in [9.17, 15) is 4.79 Å². The van der Waals surface area contributed by atoms with Crippen LogP contribution in [0.25, 0.3) is 0 Å². The van der Waals surface area contributed by atoms with Crippen LogP contribution >= 0.6 is 0 Å². The van der Waals surface area contributed by atoms with Crippen LogP contribution in [0.4, 0.5) is 0 Å². The van der Waals surface area contributed by atoms with Gasteiger partial charge in [-0.3, -0.25) is 0 Å². The molecule has 0 aromatic heterocycles. The molecule has 0 aromatic carbocycles. The van der Waals surface area contributed by atoms with E-state index in [1.807, 2.05) is 6.08 Å². The molecule has 0 rings (SSSR count). The molecule has 0 heterocycles. The van der Waals surface area contributed by atoms with Crippen molar-refractivity contribution >= 4 is 5.97 Å². The molecule has 0 aliphatic carbocycles. The Balaban J connectivity index is 3.28. The Hall–Kier alpha value is -1.05. The van der Waals surface area contributed by atoms with Crippen molar-refractivity contribution in [2.45, 2.75) is 46.0 Å². The van der Waals surface area contributed by atoms with Crippen LogP contribution in [0.3, 0.4) is 0 Å². The van der Waals surface area contributed by atoms with E-state index < -0.39 is 5.97 Å². The van der Waals surface area contributed by atoms with Crippen molar-refractivity contribution < 1.29 is 9.90 Å². The monoisotopic (exact) mass is 210 g/mol. The van der Waals surface area contributed by atoms with Gasteiger partial charge in [-0.15, -0.1) is 0 Å². The number of unbranched alkanes of at least 4 members (excludes halogenated alkanes) is 2. The van der Waals surface area contributed by atoms with E-state index in [-0.39, 0.29) is 0 Å². The fourth-order valence-electron chi connectivity index (χ4n) is 1.28. The molecule has 0 bridgehead atoms. The van der Waals surface area contributed by atoms with Crippen LogP contribution in [0, 0.1) is 5.92 Å². The summed E-state index contributed by atoms with van der Waals surface area (Å²) in [7, 11) is 0. The number of hydrogen-bond donors (Lipinski definition) is 1. The highest BCUT2D eigenvalue weighted by molar-refractivity contribution is 5.79. The largest absolute Gasteiger partial charge is 0.478 e. The standard InChI is InChI=1S/C13H22O2/c1-12(2)10-8-6-4-3-5-7-9-11-13(14)15/h3,5,9,11-12H,4,6-8,10H2,1-2H3,(H,14,15)/b5-3-,11-9+. The van der Waals surface area contributed by atoms with Crippen LogP contribution in [0.2, 0.25) is 0 Å². The first-order valence-corrected chi connectivity index (χ1v) is 5.67. The minimum absolute atomic E-state index is 0.719. The van der Waals surface area contributed by atoms with Crippen molar-refractivity contribution in [1.82, 2.24) is 0 Å². The second kappa shape index (κ2) is 9.50. The van der Waals surface area contributed by atoms with Crippen molar-refractivity contribution in [2.24, 2.45) is 5.92 Å². The summed E-state index contributed by atoms with van der Waals surface area (Å²) in [5.41, 5.74) is 0. The molecule has 2 heteroatoms. The molecule has 2 nitrogen and oxygen atoms in total. The first-order chi connectivity index (χ1) is 7.13. The zero-order valence-electron chi connectivity index (χ0n) is 9.78. The first kappa shape index (κ1) is 13.9.